The number of rotatable bonds is 1. The molecule has 0 amide bonds. The molecule has 1 aromatic rings. The molecule has 1 aliphatic heterocycles. The van der Waals surface area contributed by atoms with Crippen LogP contribution in [0.15, 0.2) is 23.2 Å². The number of hydrogen-bond donors (Lipinski definition) is 1. The largest absolute Gasteiger partial charge is 0.458 e. The molecule has 0 bridgehead atoms. The highest BCUT2D eigenvalue weighted by Gasteiger charge is 2.39. The van der Waals surface area contributed by atoms with Gasteiger partial charge in [-0.15, -0.1) is 0 Å². The Kier molecular flexibility index (Phi) is 4.83. The van der Waals surface area contributed by atoms with Gasteiger partial charge in [-0.3, -0.25) is 0 Å². The standard InChI is InChI=1S/C17H18F6N2O/c18-16(19,20)11-8-12(17(21,22)23)10-13(9-11)25-14-24-7-6-15(26-14)4-2-1-3-5-15/h8-10H,1-7H2,(H,24,25). The lowest BCUT2D eigenvalue weighted by atomic mass is 9.82. The van der Waals surface area contributed by atoms with E-state index in [-0.39, 0.29) is 17.8 Å². The van der Waals surface area contributed by atoms with Gasteiger partial charge in [-0.1, -0.05) is 6.42 Å². The van der Waals surface area contributed by atoms with Crippen LogP contribution in [-0.4, -0.2) is 18.2 Å². The summed E-state index contributed by atoms with van der Waals surface area (Å²) in [7, 11) is 0. The Labute approximate surface area is 146 Å². The second-order valence-electron chi connectivity index (χ2n) is 6.70. The summed E-state index contributed by atoms with van der Waals surface area (Å²) in [6, 6.07) is 1.33. The molecule has 1 saturated carbocycles. The van der Waals surface area contributed by atoms with E-state index in [0.717, 1.165) is 32.1 Å². The summed E-state index contributed by atoms with van der Waals surface area (Å²) < 4.78 is 83.5. The summed E-state index contributed by atoms with van der Waals surface area (Å²) in [5.74, 6) is 0. The topological polar surface area (TPSA) is 33.6 Å². The van der Waals surface area contributed by atoms with Crippen molar-refractivity contribution in [3.8, 4) is 0 Å². The van der Waals surface area contributed by atoms with E-state index < -0.39 is 29.1 Å². The van der Waals surface area contributed by atoms with Crippen LogP contribution in [0.2, 0.25) is 0 Å². The predicted octanol–water partition coefficient (Wildman–Crippen LogP) is 5.62. The molecular weight excluding hydrogens is 362 g/mol. The van der Waals surface area contributed by atoms with Gasteiger partial charge in [0.05, 0.1) is 11.1 Å². The fraction of sp³-hybridized carbons (Fsp3) is 0.588. The molecule has 2 aliphatic rings. The molecule has 144 valence electrons. The minimum Gasteiger partial charge on any atom is -0.458 e. The monoisotopic (exact) mass is 380 g/mol. The first-order chi connectivity index (χ1) is 12.1. The number of anilines is 1. The van der Waals surface area contributed by atoms with E-state index in [1.165, 1.54) is 0 Å². The molecule has 1 aromatic carbocycles. The van der Waals surface area contributed by atoms with Gasteiger partial charge < -0.3 is 10.1 Å². The van der Waals surface area contributed by atoms with Crippen LogP contribution < -0.4 is 5.32 Å². The number of halogens is 6. The van der Waals surface area contributed by atoms with Crippen molar-refractivity contribution >= 4 is 11.7 Å². The fourth-order valence-electron chi connectivity index (χ4n) is 3.41. The Morgan fingerprint density at radius 1 is 0.846 bits per heavy atom. The molecule has 3 rings (SSSR count). The zero-order chi connectivity index (χ0) is 19.0. The quantitative estimate of drug-likeness (QED) is 0.642. The van der Waals surface area contributed by atoms with Crippen molar-refractivity contribution in [2.75, 3.05) is 11.9 Å². The van der Waals surface area contributed by atoms with Crippen molar-refractivity contribution in [2.45, 2.75) is 56.5 Å². The summed E-state index contributed by atoms with van der Waals surface area (Å²) in [5, 5.41) is 2.51. The molecule has 1 N–H and O–H groups in total. The SMILES string of the molecule is FC(F)(F)c1cc(NC2=NCCC3(CCCCC3)O2)cc(C(F)(F)F)c1. The van der Waals surface area contributed by atoms with Crippen molar-refractivity contribution in [1.29, 1.82) is 0 Å². The van der Waals surface area contributed by atoms with Crippen molar-refractivity contribution < 1.29 is 31.1 Å². The molecule has 0 saturated heterocycles. The van der Waals surface area contributed by atoms with Gasteiger partial charge in [0.1, 0.15) is 5.60 Å². The van der Waals surface area contributed by atoms with Gasteiger partial charge in [-0.2, -0.15) is 26.3 Å². The Balaban J connectivity index is 1.86. The predicted molar refractivity (Wildman–Crippen MR) is 83.9 cm³/mol. The first kappa shape index (κ1) is 18.8. The lowest BCUT2D eigenvalue weighted by molar-refractivity contribution is -0.143. The summed E-state index contributed by atoms with van der Waals surface area (Å²) in [4.78, 5) is 4.08. The highest BCUT2D eigenvalue weighted by atomic mass is 19.4. The van der Waals surface area contributed by atoms with Gasteiger partial charge in [-0.25, -0.2) is 4.99 Å². The van der Waals surface area contributed by atoms with Gasteiger partial charge in [0.25, 0.3) is 6.02 Å². The van der Waals surface area contributed by atoms with E-state index in [1.54, 1.807) is 0 Å². The number of nitrogens with zero attached hydrogens (tertiary/aromatic N) is 1. The minimum atomic E-state index is -4.89. The van der Waals surface area contributed by atoms with Crippen molar-refractivity contribution in [1.82, 2.24) is 0 Å². The van der Waals surface area contributed by atoms with Gasteiger partial charge in [-0.05, 0) is 43.9 Å². The van der Waals surface area contributed by atoms with Gasteiger partial charge in [0, 0.05) is 18.7 Å². The third kappa shape index (κ3) is 4.24. The maximum Gasteiger partial charge on any atom is 0.416 e. The van der Waals surface area contributed by atoms with Crippen LogP contribution in [0, 0.1) is 0 Å². The molecule has 1 spiro atoms. The number of amidine groups is 1. The Hall–Kier alpha value is -1.93. The van der Waals surface area contributed by atoms with E-state index in [1.807, 2.05) is 0 Å². The molecule has 1 heterocycles. The highest BCUT2D eigenvalue weighted by molar-refractivity contribution is 5.90. The number of ether oxygens (including phenoxy) is 1. The lowest BCUT2D eigenvalue weighted by Gasteiger charge is -2.40. The molecule has 0 unspecified atom stereocenters. The number of alkyl halides is 6. The molecule has 9 heteroatoms. The maximum atomic E-state index is 12.9. The van der Waals surface area contributed by atoms with E-state index in [9.17, 15) is 26.3 Å². The molecule has 1 fully saturated rings. The zero-order valence-corrected chi connectivity index (χ0v) is 13.8. The zero-order valence-electron chi connectivity index (χ0n) is 13.8. The van der Waals surface area contributed by atoms with Crippen LogP contribution >= 0.6 is 0 Å². The first-order valence-electron chi connectivity index (χ1n) is 8.37. The first-order valence-corrected chi connectivity index (χ1v) is 8.37. The second-order valence-corrected chi connectivity index (χ2v) is 6.70. The second kappa shape index (κ2) is 6.66. The van der Waals surface area contributed by atoms with Crippen molar-refractivity contribution in [2.24, 2.45) is 4.99 Å². The molecule has 0 radical (unpaired) electrons. The smallest absolute Gasteiger partial charge is 0.416 e. The third-order valence-corrected chi connectivity index (χ3v) is 4.74. The Bertz CT molecular complexity index is 657. The molecular formula is C17H18F6N2O. The van der Waals surface area contributed by atoms with Gasteiger partial charge in [0.2, 0.25) is 0 Å². The number of nitrogens with one attached hydrogen (secondary N) is 1. The number of aliphatic imine (C=N–C) groups is 1. The summed E-state index contributed by atoms with van der Waals surface area (Å²) >= 11 is 0. The van der Waals surface area contributed by atoms with E-state index in [0.29, 0.717) is 25.1 Å². The van der Waals surface area contributed by atoms with Crippen molar-refractivity contribution in [3.05, 3.63) is 29.3 Å². The average molecular weight is 380 g/mol. The van der Waals surface area contributed by atoms with Crippen LogP contribution in [0.3, 0.4) is 0 Å². The minimum absolute atomic E-state index is 0.0226. The molecule has 0 atom stereocenters. The Morgan fingerprint density at radius 2 is 1.42 bits per heavy atom. The van der Waals surface area contributed by atoms with Crippen molar-refractivity contribution in [3.63, 3.8) is 0 Å². The summed E-state index contributed by atoms with van der Waals surface area (Å²) in [6.07, 6.45) is -4.41. The summed E-state index contributed by atoms with van der Waals surface area (Å²) in [5.41, 5.74) is -3.52. The number of benzene rings is 1. The molecule has 26 heavy (non-hydrogen) atoms. The van der Waals surface area contributed by atoms with Crippen LogP contribution in [0.1, 0.15) is 49.7 Å². The van der Waals surface area contributed by atoms with Crippen LogP contribution in [-0.2, 0) is 17.1 Å². The van der Waals surface area contributed by atoms with Crippen LogP contribution in [0.5, 0.6) is 0 Å². The normalized spacial score (nSPS) is 20.5. The Morgan fingerprint density at radius 3 is 1.96 bits per heavy atom. The van der Waals surface area contributed by atoms with E-state index >= 15 is 0 Å². The highest BCUT2D eigenvalue weighted by Crippen LogP contribution is 2.39. The average Bonchev–Trinajstić information content (AvgIpc) is 2.54. The van der Waals surface area contributed by atoms with E-state index in [2.05, 4.69) is 10.3 Å². The van der Waals surface area contributed by atoms with Gasteiger partial charge >= 0.3 is 12.4 Å². The molecule has 3 nitrogen and oxygen atoms in total. The molecule has 0 aromatic heterocycles. The van der Waals surface area contributed by atoms with Crippen LogP contribution in [0.25, 0.3) is 0 Å². The number of hydrogen-bond acceptors (Lipinski definition) is 3. The third-order valence-electron chi connectivity index (χ3n) is 4.74. The fourth-order valence-corrected chi connectivity index (χ4v) is 3.41. The van der Waals surface area contributed by atoms with Crippen LogP contribution in [0.4, 0.5) is 32.0 Å². The van der Waals surface area contributed by atoms with Gasteiger partial charge in [0.15, 0.2) is 0 Å². The maximum absolute atomic E-state index is 12.9. The molecule has 1 aliphatic carbocycles. The summed E-state index contributed by atoms with van der Waals surface area (Å²) in [6.45, 7) is 0.424. The van der Waals surface area contributed by atoms with E-state index in [4.69, 9.17) is 4.74 Å². The lowest BCUT2D eigenvalue weighted by Crippen LogP contribution is -2.42.